The molecule has 1 fully saturated rings. The standard InChI is InChI=1S/C23H25N7.C6H3N3O/c1-28-12-14-29(15-13-28)16-17-6-8-18(9-7-17)30-22(19-4-2-10-25-21(19)24)27-20-5-3-11-26-23(20)30;7-3-6-8-2-1-5(4-10)9-6/h2-11H,12-16H2,1H3,(H2,24,25);1-2,4H. The van der Waals surface area contributed by atoms with Crippen LogP contribution < -0.4 is 5.73 Å². The molecule has 1 aliphatic heterocycles. The summed E-state index contributed by atoms with van der Waals surface area (Å²) in [4.78, 5) is 35.7. The maximum atomic E-state index is 10.1. The molecule has 11 nitrogen and oxygen atoms in total. The van der Waals surface area contributed by atoms with Gasteiger partial charge in [-0.2, -0.15) is 5.26 Å². The first-order valence-corrected chi connectivity index (χ1v) is 12.8. The van der Waals surface area contributed by atoms with Gasteiger partial charge in [-0.15, -0.1) is 0 Å². The third kappa shape index (κ3) is 5.99. The molecule has 5 aromatic rings. The molecular formula is C29H28N10O. The predicted molar refractivity (Wildman–Crippen MR) is 151 cm³/mol. The molecule has 200 valence electrons. The number of carbonyl (C=O) groups excluding carboxylic acids is 1. The highest BCUT2D eigenvalue weighted by atomic mass is 16.1. The van der Waals surface area contributed by atoms with Gasteiger partial charge in [0.1, 0.15) is 23.1 Å². The molecule has 0 saturated carbocycles. The van der Waals surface area contributed by atoms with Gasteiger partial charge in [-0.25, -0.2) is 24.9 Å². The zero-order chi connectivity index (χ0) is 27.9. The molecule has 0 bridgehead atoms. The average molecular weight is 533 g/mol. The van der Waals surface area contributed by atoms with Crippen LogP contribution in [0, 0.1) is 11.3 Å². The number of nitriles is 1. The van der Waals surface area contributed by atoms with E-state index in [0.717, 1.165) is 61.0 Å². The lowest BCUT2D eigenvalue weighted by molar-refractivity contribution is 0.111. The number of hydrogen-bond acceptors (Lipinski definition) is 10. The summed E-state index contributed by atoms with van der Waals surface area (Å²) in [6.45, 7) is 5.44. The number of fused-ring (bicyclic) bond motifs is 1. The molecule has 1 saturated heterocycles. The van der Waals surface area contributed by atoms with E-state index < -0.39 is 0 Å². The van der Waals surface area contributed by atoms with Crippen molar-refractivity contribution in [1.29, 1.82) is 5.26 Å². The lowest BCUT2D eigenvalue weighted by Crippen LogP contribution is -2.43. The Labute approximate surface area is 231 Å². The first kappa shape index (κ1) is 26.6. The molecule has 4 aromatic heterocycles. The summed E-state index contributed by atoms with van der Waals surface area (Å²) in [6, 6.07) is 19.5. The highest BCUT2D eigenvalue weighted by Gasteiger charge is 2.18. The largest absolute Gasteiger partial charge is 0.383 e. The second-order valence-electron chi connectivity index (χ2n) is 9.33. The molecule has 1 aliphatic rings. The zero-order valence-corrected chi connectivity index (χ0v) is 22.1. The van der Waals surface area contributed by atoms with Crippen LogP contribution in [0.3, 0.4) is 0 Å². The van der Waals surface area contributed by atoms with Crippen LogP contribution in [0.4, 0.5) is 5.82 Å². The summed E-state index contributed by atoms with van der Waals surface area (Å²) < 4.78 is 2.06. The molecule has 0 atom stereocenters. The SMILES string of the molecule is CN1CCN(Cc2ccc(-n3c(-c4cccnc4N)nc4cccnc43)cc2)CC1.N#Cc1nccc(C=O)n1. The Morgan fingerprint density at radius 3 is 2.40 bits per heavy atom. The monoisotopic (exact) mass is 532 g/mol. The minimum atomic E-state index is 0.0181. The second-order valence-corrected chi connectivity index (χ2v) is 9.33. The van der Waals surface area contributed by atoms with Gasteiger partial charge in [-0.05, 0) is 55.1 Å². The van der Waals surface area contributed by atoms with Crippen LogP contribution in [0.5, 0.6) is 0 Å². The highest BCUT2D eigenvalue weighted by Crippen LogP contribution is 2.30. The summed E-state index contributed by atoms with van der Waals surface area (Å²) in [5, 5.41) is 8.27. The first-order chi connectivity index (χ1) is 19.6. The van der Waals surface area contributed by atoms with Crippen LogP contribution >= 0.6 is 0 Å². The molecule has 0 amide bonds. The number of imidazole rings is 1. The van der Waals surface area contributed by atoms with E-state index in [-0.39, 0.29) is 11.5 Å². The number of likely N-dealkylation sites (N-methyl/N-ethyl adjacent to an activating group) is 1. The number of aldehydes is 1. The molecule has 6 rings (SSSR count). The van der Waals surface area contributed by atoms with E-state index in [1.165, 1.54) is 17.8 Å². The summed E-state index contributed by atoms with van der Waals surface area (Å²) in [6.07, 6.45) is 5.42. The lowest BCUT2D eigenvalue weighted by Gasteiger charge is -2.32. The minimum absolute atomic E-state index is 0.0181. The van der Waals surface area contributed by atoms with E-state index in [4.69, 9.17) is 16.0 Å². The van der Waals surface area contributed by atoms with E-state index in [1.807, 2.05) is 24.3 Å². The number of piperazine rings is 1. The molecule has 2 N–H and O–H groups in total. The van der Waals surface area contributed by atoms with Crippen molar-refractivity contribution >= 4 is 23.3 Å². The Hall–Kier alpha value is -5.05. The van der Waals surface area contributed by atoms with Crippen molar-refractivity contribution < 1.29 is 4.79 Å². The van der Waals surface area contributed by atoms with Crippen molar-refractivity contribution in [3.8, 4) is 23.1 Å². The Balaban J connectivity index is 0.000000274. The number of nitrogens with two attached hydrogens (primary N) is 1. The van der Waals surface area contributed by atoms with Crippen molar-refractivity contribution in [3.05, 3.63) is 90.3 Å². The number of rotatable bonds is 5. The van der Waals surface area contributed by atoms with E-state index in [9.17, 15) is 4.79 Å². The fourth-order valence-electron chi connectivity index (χ4n) is 4.45. The fraction of sp³-hybridized carbons (Fsp3) is 0.207. The second kappa shape index (κ2) is 12.2. The highest BCUT2D eigenvalue weighted by molar-refractivity contribution is 5.82. The van der Waals surface area contributed by atoms with E-state index >= 15 is 0 Å². The topological polar surface area (TPSA) is 143 Å². The predicted octanol–water partition coefficient (Wildman–Crippen LogP) is 2.97. The van der Waals surface area contributed by atoms with Crippen LogP contribution in [0.2, 0.25) is 0 Å². The number of hydrogen-bond donors (Lipinski definition) is 1. The molecule has 40 heavy (non-hydrogen) atoms. The average Bonchev–Trinajstić information content (AvgIpc) is 3.38. The van der Waals surface area contributed by atoms with Gasteiger partial charge >= 0.3 is 0 Å². The summed E-state index contributed by atoms with van der Waals surface area (Å²) in [7, 11) is 2.18. The molecule has 5 heterocycles. The molecular weight excluding hydrogens is 504 g/mol. The quantitative estimate of drug-likeness (QED) is 0.336. The van der Waals surface area contributed by atoms with E-state index in [0.29, 0.717) is 12.1 Å². The Bertz CT molecular complexity index is 1650. The van der Waals surface area contributed by atoms with Gasteiger partial charge in [-0.3, -0.25) is 14.3 Å². The van der Waals surface area contributed by atoms with Gasteiger partial charge < -0.3 is 10.6 Å². The molecule has 0 spiro atoms. The maximum absolute atomic E-state index is 10.1. The van der Waals surface area contributed by atoms with Crippen molar-refractivity contribution in [2.75, 3.05) is 39.0 Å². The van der Waals surface area contributed by atoms with Crippen LogP contribution in [0.15, 0.2) is 73.2 Å². The summed E-state index contributed by atoms with van der Waals surface area (Å²) in [5.41, 5.74) is 11.2. The molecule has 0 unspecified atom stereocenters. The van der Waals surface area contributed by atoms with E-state index in [1.54, 1.807) is 18.5 Å². The molecule has 0 aliphatic carbocycles. The number of carbonyl (C=O) groups is 1. The number of benzene rings is 1. The fourth-order valence-corrected chi connectivity index (χ4v) is 4.45. The molecule has 0 radical (unpaired) electrons. The summed E-state index contributed by atoms with van der Waals surface area (Å²) >= 11 is 0. The van der Waals surface area contributed by atoms with Gasteiger partial charge in [0.15, 0.2) is 17.8 Å². The normalized spacial score (nSPS) is 13.8. The number of aromatic nitrogens is 6. The zero-order valence-electron chi connectivity index (χ0n) is 22.1. The third-order valence-electron chi connectivity index (χ3n) is 6.59. The van der Waals surface area contributed by atoms with Crippen LogP contribution in [-0.2, 0) is 6.54 Å². The van der Waals surface area contributed by atoms with Gasteiger partial charge in [-0.1, -0.05) is 12.1 Å². The Kier molecular flexibility index (Phi) is 8.10. The van der Waals surface area contributed by atoms with E-state index in [2.05, 4.69) is 65.6 Å². The molecule has 1 aromatic carbocycles. The third-order valence-corrected chi connectivity index (χ3v) is 6.59. The minimum Gasteiger partial charge on any atom is -0.383 e. The molecule has 11 heteroatoms. The van der Waals surface area contributed by atoms with Gasteiger partial charge in [0, 0.05) is 57.0 Å². The van der Waals surface area contributed by atoms with Gasteiger partial charge in [0.25, 0.3) is 0 Å². The van der Waals surface area contributed by atoms with Crippen molar-refractivity contribution in [2.24, 2.45) is 0 Å². The van der Waals surface area contributed by atoms with Crippen molar-refractivity contribution in [3.63, 3.8) is 0 Å². The van der Waals surface area contributed by atoms with Gasteiger partial charge in [0.05, 0.1) is 5.56 Å². The Morgan fingerprint density at radius 1 is 0.925 bits per heavy atom. The lowest BCUT2D eigenvalue weighted by atomic mass is 10.1. The first-order valence-electron chi connectivity index (χ1n) is 12.8. The Morgan fingerprint density at radius 2 is 1.68 bits per heavy atom. The van der Waals surface area contributed by atoms with Crippen LogP contribution in [0.25, 0.3) is 28.2 Å². The van der Waals surface area contributed by atoms with Crippen molar-refractivity contribution in [2.45, 2.75) is 6.54 Å². The van der Waals surface area contributed by atoms with Crippen LogP contribution in [-0.4, -0.2) is 78.8 Å². The number of nitrogen functional groups attached to an aromatic ring is 1. The van der Waals surface area contributed by atoms with Gasteiger partial charge in [0.2, 0.25) is 5.82 Å². The number of anilines is 1. The maximum Gasteiger partial charge on any atom is 0.232 e. The van der Waals surface area contributed by atoms with Crippen molar-refractivity contribution in [1.82, 2.24) is 39.3 Å². The summed E-state index contributed by atoms with van der Waals surface area (Å²) in [5.74, 6) is 1.23. The number of pyridine rings is 2. The smallest absolute Gasteiger partial charge is 0.232 e. The number of nitrogens with zero attached hydrogens (tertiary/aromatic N) is 9. The van der Waals surface area contributed by atoms with Crippen LogP contribution in [0.1, 0.15) is 21.9 Å².